The SMILES string of the molecule is CC/C(C)=C/NC(=O)Nc1ccc(OC)cc1. The molecule has 0 aliphatic heterocycles. The zero-order chi connectivity index (χ0) is 12.7. The minimum atomic E-state index is -0.247. The molecule has 2 N–H and O–H groups in total. The molecule has 0 bridgehead atoms. The Morgan fingerprint density at radius 1 is 1.35 bits per heavy atom. The standard InChI is InChI=1S/C13H18N2O2/c1-4-10(2)9-14-13(16)15-11-5-7-12(17-3)8-6-11/h5-9H,4H2,1-3H3,(H2,14,15,16)/b10-9+. The van der Waals surface area contributed by atoms with Gasteiger partial charge in [0, 0.05) is 11.9 Å². The summed E-state index contributed by atoms with van der Waals surface area (Å²) in [6.07, 6.45) is 2.63. The Morgan fingerprint density at radius 2 is 2.00 bits per heavy atom. The van der Waals surface area contributed by atoms with Crippen molar-refractivity contribution in [2.24, 2.45) is 0 Å². The van der Waals surface area contributed by atoms with Crippen LogP contribution in [0.4, 0.5) is 10.5 Å². The van der Waals surface area contributed by atoms with Crippen molar-refractivity contribution in [3.8, 4) is 5.75 Å². The Bertz CT molecular complexity index is 396. The molecule has 0 aliphatic rings. The van der Waals surface area contributed by atoms with Gasteiger partial charge in [-0.05, 0) is 37.6 Å². The van der Waals surface area contributed by atoms with Gasteiger partial charge in [0.15, 0.2) is 0 Å². The summed E-state index contributed by atoms with van der Waals surface area (Å²) in [6, 6.07) is 6.91. The number of hydrogen-bond acceptors (Lipinski definition) is 2. The van der Waals surface area contributed by atoms with Crippen LogP contribution in [0, 0.1) is 0 Å². The van der Waals surface area contributed by atoms with Crippen LogP contribution in [-0.2, 0) is 0 Å². The van der Waals surface area contributed by atoms with E-state index in [0.29, 0.717) is 0 Å². The molecule has 1 aromatic carbocycles. The maximum Gasteiger partial charge on any atom is 0.323 e. The molecule has 0 heterocycles. The van der Waals surface area contributed by atoms with E-state index in [-0.39, 0.29) is 6.03 Å². The summed E-state index contributed by atoms with van der Waals surface area (Å²) in [7, 11) is 1.60. The molecule has 0 fully saturated rings. The number of hydrogen-bond donors (Lipinski definition) is 2. The van der Waals surface area contributed by atoms with Crippen molar-refractivity contribution in [2.75, 3.05) is 12.4 Å². The topological polar surface area (TPSA) is 50.4 Å². The summed E-state index contributed by atoms with van der Waals surface area (Å²) in [5, 5.41) is 5.39. The van der Waals surface area contributed by atoms with Crippen molar-refractivity contribution < 1.29 is 9.53 Å². The number of nitrogens with one attached hydrogen (secondary N) is 2. The van der Waals surface area contributed by atoms with E-state index in [4.69, 9.17) is 4.74 Å². The van der Waals surface area contributed by atoms with Gasteiger partial charge in [-0.1, -0.05) is 12.5 Å². The minimum Gasteiger partial charge on any atom is -0.497 e. The van der Waals surface area contributed by atoms with Crippen LogP contribution in [0.25, 0.3) is 0 Å². The first-order valence-corrected chi connectivity index (χ1v) is 5.53. The molecule has 0 radical (unpaired) electrons. The summed E-state index contributed by atoms with van der Waals surface area (Å²) in [5.74, 6) is 0.762. The fourth-order valence-electron chi connectivity index (χ4n) is 1.13. The molecule has 0 unspecified atom stereocenters. The van der Waals surface area contributed by atoms with Crippen LogP contribution in [0.3, 0.4) is 0 Å². The molecular formula is C13H18N2O2. The quantitative estimate of drug-likeness (QED) is 0.840. The van der Waals surface area contributed by atoms with Gasteiger partial charge >= 0.3 is 6.03 Å². The second-order valence-corrected chi connectivity index (χ2v) is 3.67. The molecule has 0 spiro atoms. The molecule has 92 valence electrons. The highest BCUT2D eigenvalue weighted by molar-refractivity contribution is 5.89. The van der Waals surface area contributed by atoms with Gasteiger partial charge in [-0.3, -0.25) is 0 Å². The van der Waals surface area contributed by atoms with Gasteiger partial charge in [-0.15, -0.1) is 0 Å². The molecule has 1 rings (SSSR count). The van der Waals surface area contributed by atoms with E-state index < -0.39 is 0 Å². The van der Waals surface area contributed by atoms with Crippen molar-refractivity contribution in [3.05, 3.63) is 36.0 Å². The van der Waals surface area contributed by atoms with Crippen molar-refractivity contribution in [3.63, 3.8) is 0 Å². The number of amides is 2. The maximum atomic E-state index is 11.5. The van der Waals surface area contributed by atoms with E-state index in [1.807, 2.05) is 13.8 Å². The number of anilines is 1. The lowest BCUT2D eigenvalue weighted by molar-refractivity contribution is 0.255. The van der Waals surface area contributed by atoms with E-state index in [2.05, 4.69) is 10.6 Å². The number of carbonyl (C=O) groups excluding carboxylic acids is 1. The van der Waals surface area contributed by atoms with Crippen molar-refractivity contribution in [1.82, 2.24) is 5.32 Å². The molecule has 17 heavy (non-hydrogen) atoms. The molecule has 4 heteroatoms. The zero-order valence-electron chi connectivity index (χ0n) is 10.4. The average molecular weight is 234 g/mol. The molecule has 0 saturated heterocycles. The van der Waals surface area contributed by atoms with Gasteiger partial charge in [-0.2, -0.15) is 0 Å². The Morgan fingerprint density at radius 3 is 2.53 bits per heavy atom. The normalized spacial score (nSPS) is 10.9. The third kappa shape index (κ3) is 4.59. The molecule has 1 aromatic rings. The van der Waals surface area contributed by atoms with Crippen LogP contribution in [-0.4, -0.2) is 13.1 Å². The third-order valence-corrected chi connectivity index (χ3v) is 2.36. The van der Waals surface area contributed by atoms with Gasteiger partial charge < -0.3 is 15.4 Å². The summed E-state index contributed by atoms with van der Waals surface area (Å²) in [5.41, 5.74) is 1.85. The lowest BCUT2D eigenvalue weighted by Gasteiger charge is -2.06. The Kier molecular flexibility index (Phi) is 5.07. The van der Waals surface area contributed by atoms with Crippen LogP contribution in [0.2, 0.25) is 0 Å². The van der Waals surface area contributed by atoms with E-state index in [0.717, 1.165) is 23.4 Å². The molecule has 0 atom stereocenters. The molecular weight excluding hydrogens is 216 g/mol. The summed E-state index contributed by atoms with van der Waals surface area (Å²) < 4.78 is 5.03. The zero-order valence-corrected chi connectivity index (χ0v) is 10.4. The van der Waals surface area contributed by atoms with Gasteiger partial charge in [0.25, 0.3) is 0 Å². The van der Waals surface area contributed by atoms with Crippen LogP contribution in [0.1, 0.15) is 20.3 Å². The van der Waals surface area contributed by atoms with Gasteiger partial charge in [0.2, 0.25) is 0 Å². The highest BCUT2D eigenvalue weighted by Gasteiger charge is 1.99. The van der Waals surface area contributed by atoms with Crippen molar-refractivity contribution in [1.29, 1.82) is 0 Å². The summed E-state index contributed by atoms with van der Waals surface area (Å²) in [6.45, 7) is 4.00. The van der Waals surface area contributed by atoms with E-state index in [1.165, 1.54) is 0 Å². The lowest BCUT2D eigenvalue weighted by atomic mass is 10.3. The van der Waals surface area contributed by atoms with Gasteiger partial charge in [0.05, 0.1) is 7.11 Å². The Hall–Kier alpha value is -1.97. The molecule has 0 aliphatic carbocycles. The Balaban J connectivity index is 2.50. The number of allylic oxidation sites excluding steroid dienone is 1. The van der Waals surface area contributed by atoms with E-state index in [1.54, 1.807) is 37.6 Å². The first-order valence-electron chi connectivity index (χ1n) is 5.53. The van der Waals surface area contributed by atoms with Gasteiger partial charge in [-0.25, -0.2) is 4.79 Å². The number of methoxy groups -OCH3 is 1. The average Bonchev–Trinajstić information content (AvgIpc) is 2.36. The Labute approximate surface area is 102 Å². The second-order valence-electron chi connectivity index (χ2n) is 3.67. The summed E-state index contributed by atoms with van der Waals surface area (Å²) in [4.78, 5) is 11.5. The predicted molar refractivity (Wildman–Crippen MR) is 69.2 cm³/mol. The first-order chi connectivity index (χ1) is 8.15. The lowest BCUT2D eigenvalue weighted by Crippen LogP contribution is -2.24. The second kappa shape index (κ2) is 6.58. The van der Waals surface area contributed by atoms with E-state index >= 15 is 0 Å². The fraction of sp³-hybridized carbons (Fsp3) is 0.308. The van der Waals surface area contributed by atoms with Crippen LogP contribution < -0.4 is 15.4 Å². The predicted octanol–water partition coefficient (Wildman–Crippen LogP) is 3.13. The van der Waals surface area contributed by atoms with E-state index in [9.17, 15) is 4.79 Å². The molecule has 0 aromatic heterocycles. The number of carbonyl (C=O) groups is 1. The minimum absolute atomic E-state index is 0.247. The monoisotopic (exact) mass is 234 g/mol. The van der Waals surface area contributed by atoms with Crippen molar-refractivity contribution in [2.45, 2.75) is 20.3 Å². The van der Waals surface area contributed by atoms with Crippen molar-refractivity contribution >= 4 is 11.7 Å². The fourth-order valence-corrected chi connectivity index (χ4v) is 1.13. The van der Waals surface area contributed by atoms with Crippen LogP contribution in [0.15, 0.2) is 36.0 Å². The molecule has 2 amide bonds. The molecule has 4 nitrogen and oxygen atoms in total. The van der Waals surface area contributed by atoms with Crippen LogP contribution >= 0.6 is 0 Å². The maximum absolute atomic E-state index is 11.5. The molecule has 0 saturated carbocycles. The highest BCUT2D eigenvalue weighted by Crippen LogP contribution is 2.14. The number of benzene rings is 1. The number of urea groups is 1. The number of rotatable bonds is 4. The smallest absolute Gasteiger partial charge is 0.323 e. The van der Waals surface area contributed by atoms with Gasteiger partial charge in [0.1, 0.15) is 5.75 Å². The first kappa shape index (κ1) is 13.1. The number of ether oxygens (including phenoxy) is 1. The highest BCUT2D eigenvalue weighted by atomic mass is 16.5. The third-order valence-electron chi connectivity index (χ3n) is 2.36. The summed E-state index contributed by atoms with van der Waals surface area (Å²) >= 11 is 0. The largest absolute Gasteiger partial charge is 0.497 e. The van der Waals surface area contributed by atoms with Crippen LogP contribution in [0.5, 0.6) is 5.75 Å².